The molecule has 3 aromatic rings. The third-order valence-electron chi connectivity index (χ3n) is 3.20. The summed E-state index contributed by atoms with van der Waals surface area (Å²) < 4.78 is 39.6. The van der Waals surface area contributed by atoms with Gasteiger partial charge in [0.25, 0.3) is 5.91 Å². The summed E-state index contributed by atoms with van der Waals surface area (Å²) in [5.41, 5.74) is 0.582. The van der Waals surface area contributed by atoms with Gasteiger partial charge in [-0.25, -0.2) is 18.2 Å². The van der Waals surface area contributed by atoms with Crippen LogP contribution in [0.25, 0.3) is 11.4 Å². The van der Waals surface area contributed by atoms with Crippen LogP contribution in [0.3, 0.4) is 0 Å². The molecule has 0 saturated carbocycles. The number of carbonyl (C=O) groups is 1. The van der Waals surface area contributed by atoms with Crippen LogP contribution in [0, 0.1) is 17.5 Å². The lowest BCUT2D eigenvalue weighted by molar-refractivity contribution is 0.102. The summed E-state index contributed by atoms with van der Waals surface area (Å²) in [7, 11) is 0. The molecule has 0 aliphatic rings. The van der Waals surface area contributed by atoms with Crippen molar-refractivity contribution >= 4 is 11.6 Å². The van der Waals surface area contributed by atoms with Crippen LogP contribution in [0.2, 0.25) is 0 Å². The standard InChI is InChI=1S/C16H10F3N3O/c17-11-5-6-12(14(19)13(11)18)22-16(23)10-3-1-9(2-4-10)15-20-7-8-21-15/h1-8H,(H,20,21)(H,22,23). The highest BCUT2D eigenvalue weighted by molar-refractivity contribution is 6.04. The lowest BCUT2D eigenvalue weighted by atomic mass is 10.1. The lowest BCUT2D eigenvalue weighted by Crippen LogP contribution is -2.13. The van der Waals surface area contributed by atoms with Gasteiger partial charge in [0.15, 0.2) is 17.5 Å². The number of anilines is 1. The summed E-state index contributed by atoms with van der Waals surface area (Å²) in [6, 6.07) is 8.07. The molecule has 4 nitrogen and oxygen atoms in total. The third kappa shape index (κ3) is 2.94. The van der Waals surface area contributed by atoms with Crippen LogP contribution in [0.4, 0.5) is 18.9 Å². The molecule has 1 amide bonds. The molecule has 116 valence electrons. The summed E-state index contributed by atoms with van der Waals surface area (Å²) in [6.45, 7) is 0. The molecule has 2 N–H and O–H groups in total. The summed E-state index contributed by atoms with van der Waals surface area (Å²) in [5.74, 6) is -4.38. The van der Waals surface area contributed by atoms with Gasteiger partial charge in [-0.1, -0.05) is 12.1 Å². The fraction of sp³-hybridized carbons (Fsp3) is 0. The monoisotopic (exact) mass is 317 g/mol. The largest absolute Gasteiger partial charge is 0.345 e. The van der Waals surface area contributed by atoms with Crippen molar-refractivity contribution in [1.82, 2.24) is 9.97 Å². The van der Waals surface area contributed by atoms with Gasteiger partial charge in [-0.2, -0.15) is 0 Å². The SMILES string of the molecule is O=C(Nc1ccc(F)c(F)c1F)c1ccc(-c2ncc[nH]2)cc1. The molecule has 0 radical (unpaired) electrons. The molecule has 3 rings (SSSR count). The quantitative estimate of drug-likeness (QED) is 0.723. The minimum atomic E-state index is -1.63. The first kappa shape index (κ1) is 14.8. The summed E-state index contributed by atoms with van der Waals surface area (Å²) in [4.78, 5) is 19.0. The number of benzene rings is 2. The number of nitrogens with one attached hydrogen (secondary N) is 2. The smallest absolute Gasteiger partial charge is 0.255 e. The number of imidazole rings is 1. The first-order valence-corrected chi connectivity index (χ1v) is 6.61. The van der Waals surface area contributed by atoms with Gasteiger partial charge in [-0.05, 0) is 24.3 Å². The average Bonchev–Trinajstić information content (AvgIpc) is 3.10. The highest BCUT2D eigenvalue weighted by Crippen LogP contribution is 2.21. The molecule has 2 aromatic carbocycles. The second-order valence-corrected chi connectivity index (χ2v) is 4.69. The van der Waals surface area contributed by atoms with Gasteiger partial charge in [-0.15, -0.1) is 0 Å². The molecule has 7 heteroatoms. The van der Waals surface area contributed by atoms with E-state index in [0.29, 0.717) is 5.82 Å². The van der Waals surface area contributed by atoms with Crippen LogP contribution in [-0.4, -0.2) is 15.9 Å². The van der Waals surface area contributed by atoms with Crippen molar-refractivity contribution in [2.24, 2.45) is 0 Å². The van der Waals surface area contributed by atoms with E-state index < -0.39 is 29.0 Å². The Morgan fingerprint density at radius 1 is 1.00 bits per heavy atom. The number of amides is 1. The van der Waals surface area contributed by atoms with Crippen LogP contribution in [0.15, 0.2) is 48.8 Å². The summed E-state index contributed by atoms with van der Waals surface area (Å²) in [5, 5.41) is 2.20. The maximum Gasteiger partial charge on any atom is 0.255 e. The van der Waals surface area contributed by atoms with Crippen molar-refractivity contribution in [3.05, 3.63) is 71.8 Å². The maximum absolute atomic E-state index is 13.5. The number of H-pyrrole nitrogens is 1. The lowest BCUT2D eigenvalue weighted by Gasteiger charge is -2.07. The molecule has 0 bridgehead atoms. The number of hydrogen-bond donors (Lipinski definition) is 2. The van der Waals surface area contributed by atoms with Gasteiger partial charge in [0.05, 0.1) is 5.69 Å². The maximum atomic E-state index is 13.5. The molecular weight excluding hydrogens is 307 g/mol. The van der Waals surface area contributed by atoms with Gasteiger partial charge >= 0.3 is 0 Å². The van der Waals surface area contributed by atoms with Crippen LogP contribution in [-0.2, 0) is 0 Å². The molecule has 0 unspecified atom stereocenters. The number of aromatic nitrogens is 2. The van der Waals surface area contributed by atoms with Gasteiger partial charge in [0.1, 0.15) is 5.82 Å². The highest BCUT2D eigenvalue weighted by atomic mass is 19.2. The van der Waals surface area contributed by atoms with Crippen LogP contribution < -0.4 is 5.32 Å². The Kier molecular flexibility index (Phi) is 3.84. The average molecular weight is 317 g/mol. The molecule has 1 heterocycles. The fourth-order valence-corrected chi connectivity index (χ4v) is 2.02. The van der Waals surface area contributed by atoms with E-state index in [1.807, 2.05) is 0 Å². The topological polar surface area (TPSA) is 57.8 Å². The van der Waals surface area contributed by atoms with Crippen molar-refractivity contribution < 1.29 is 18.0 Å². The number of hydrogen-bond acceptors (Lipinski definition) is 2. The Bertz CT molecular complexity index is 846. The predicted molar refractivity (Wildman–Crippen MR) is 78.3 cm³/mol. The van der Waals surface area contributed by atoms with Crippen LogP contribution in [0.5, 0.6) is 0 Å². The molecule has 0 atom stereocenters. The van der Waals surface area contributed by atoms with Gasteiger partial charge in [0, 0.05) is 23.5 Å². The first-order valence-electron chi connectivity index (χ1n) is 6.61. The first-order chi connectivity index (χ1) is 11.1. The van der Waals surface area contributed by atoms with E-state index >= 15 is 0 Å². The number of rotatable bonds is 3. The minimum absolute atomic E-state index is 0.240. The van der Waals surface area contributed by atoms with Crippen molar-refractivity contribution in [2.45, 2.75) is 0 Å². The Labute approximate surface area is 129 Å². The molecule has 0 saturated heterocycles. The van der Waals surface area contributed by atoms with E-state index in [9.17, 15) is 18.0 Å². The van der Waals surface area contributed by atoms with E-state index in [2.05, 4.69) is 15.3 Å². The summed E-state index contributed by atoms with van der Waals surface area (Å²) in [6.07, 6.45) is 3.27. The number of nitrogens with zero attached hydrogens (tertiary/aromatic N) is 1. The fourth-order valence-electron chi connectivity index (χ4n) is 2.02. The zero-order valence-corrected chi connectivity index (χ0v) is 11.6. The second-order valence-electron chi connectivity index (χ2n) is 4.69. The predicted octanol–water partition coefficient (Wildman–Crippen LogP) is 3.75. The van der Waals surface area contributed by atoms with Gasteiger partial charge in [0.2, 0.25) is 0 Å². The van der Waals surface area contributed by atoms with Crippen molar-refractivity contribution in [3.63, 3.8) is 0 Å². The Balaban J connectivity index is 1.80. The summed E-state index contributed by atoms with van der Waals surface area (Å²) >= 11 is 0. The van der Waals surface area contributed by atoms with E-state index in [-0.39, 0.29) is 5.56 Å². The molecule has 1 aromatic heterocycles. The van der Waals surface area contributed by atoms with Crippen molar-refractivity contribution in [1.29, 1.82) is 0 Å². The van der Waals surface area contributed by atoms with Crippen molar-refractivity contribution in [2.75, 3.05) is 5.32 Å². The van der Waals surface area contributed by atoms with Crippen LogP contribution in [0.1, 0.15) is 10.4 Å². The van der Waals surface area contributed by atoms with Gasteiger partial charge in [-0.3, -0.25) is 4.79 Å². The molecule has 23 heavy (non-hydrogen) atoms. The molecular formula is C16H10F3N3O. The van der Waals surface area contributed by atoms with Gasteiger partial charge < -0.3 is 10.3 Å². The molecule has 0 spiro atoms. The zero-order valence-electron chi connectivity index (χ0n) is 11.6. The van der Waals surface area contributed by atoms with E-state index in [0.717, 1.165) is 17.7 Å². The Morgan fingerprint density at radius 3 is 2.39 bits per heavy atom. The zero-order chi connectivity index (χ0) is 16.4. The molecule has 0 fully saturated rings. The van der Waals surface area contributed by atoms with Crippen LogP contribution >= 0.6 is 0 Å². The number of halogens is 3. The number of aromatic amines is 1. The van der Waals surface area contributed by atoms with E-state index in [1.165, 1.54) is 12.1 Å². The highest BCUT2D eigenvalue weighted by Gasteiger charge is 2.16. The second kappa shape index (κ2) is 5.96. The minimum Gasteiger partial charge on any atom is -0.345 e. The normalized spacial score (nSPS) is 10.6. The Morgan fingerprint density at radius 2 is 1.74 bits per heavy atom. The van der Waals surface area contributed by atoms with E-state index in [4.69, 9.17) is 0 Å². The molecule has 0 aliphatic carbocycles. The number of carbonyl (C=O) groups excluding carboxylic acids is 1. The Hall–Kier alpha value is -3.09. The molecule has 0 aliphatic heterocycles. The third-order valence-corrected chi connectivity index (χ3v) is 3.20. The van der Waals surface area contributed by atoms with Crippen molar-refractivity contribution in [3.8, 4) is 11.4 Å². The van der Waals surface area contributed by atoms with E-state index in [1.54, 1.807) is 24.5 Å².